The van der Waals surface area contributed by atoms with Gasteiger partial charge in [0.2, 0.25) is 0 Å². The van der Waals surface area contributed by atoms with E-state index in [1.54, 1.807) is 17.5 Å². The molecule has 1 N–H and O–H groups in total. The number of thiophene rings is 1. The van der Waals surface area contributed by atoms with Crippen LogP contribution < -0.4 is 5.32 Å². The number of nitrogens with one attached hydrogen (secondary N) is 1. The lowest BCUT2D eigenvalue weighted by atomic mass is 9.95. The highest BCUT2D eigenvalue weighted by Crippen LogP contribution is 2.30. The van der Waals surface area contributed by atoms with Gasteiger partial charge in [-0.05, 0) is 45.1 Å². The molecule has 0 aromatic carbocycles. The number of carbonyl (C=O) groups excluding carboxylic acids is 1. The van der Waals surface area contributed by atoms with Crippen molar-refractivity contribution < 1.29 is 4.79 Å². The fraction of sp³-hybridized carbons (Fsp3) is 0.467. The monoisotopic (exact) mass is 289 g/mol. The predicted molar refractivity (Wildman–Crippen MR) is 81.6 cm³/mol. The maximum absolute atomic E-state index is 12.5. The average molecular weight is 289 g/mol. The summed E-state index contributed by atoms with van der Waals surface area (Å²) in [6.07, 6.45) is 6.39. The lowest BCUT2D eigenvalue weighted by Crippen LogP contribution is -2.17. The Morgan fingerprint density at radius 3 is 3.05 bits per heavy atom. The van der Waals surface area contributed by atoms with Gasteiger partial charge in [0.15, 0.2) is 0 Å². The van der Waals surface area contributed by atoms with Gasteiger partial charge in [-0.1, -0.05) is 0 Å². The highest BCUT2D eigenvalue weighted by atomic mass is 32.1. The van der Waals surface area contributed by atoms with Crippen molar-refractivity contribution >= 4 is 23.1 Å². The second kappa shape index (κ2) is 5.40. The second-order valence-corrected chi connectivity index (χ2v) is 6.17. The molecular formula is C15H19N3OS. The fourth-order valence-electron chi connectivity index (χ4n) is 2.74. The van der Waals surface area contributed by atoms with Crippen LogP contribution in [-0.2, 0) is 19.4 Å². The third-order valence-corrected chi connectivity index (χ3v) is 4.95. The highest BCUT2D eigenvalue weighted by Gasteiger charge is 2.21. The molecule has 2 aromatic heterocycles. The first kappa shape index (κ1) is 13.4. The first-order valence-electron chi connectivity index (χ1n) is 7.13. The van der Waals surface area contributed by atoms with Gasteiger partial charge in [-0.3, -0.25) is 4.79 Å². The molecule has 4 nitrogen and oxygen atoms in total. The van der Waals surface area contributed by atoms with Gasteiger partial charge in [0, 0.05) is 22.4 Å². The van der Waals surface area contributed by atoms with Crippen molar-refractivity contribution in [2.45, 2.75) is 46.1 Å². The summed E-state index contributed by atoms with van der Waals surface area (Å²) in [6.45, 7) is 4.75. The van der Waals surface area contributed by atoms with E-state index in [1.165, 1.54) is 23.3 Å². The van der Waals surface area contributed by atoms with E-state index in [1.807, 2.05) is 23.9 Å². The molecule has 0 aliphatic heterocycles. The lowest BCUT2D eigenvalue weighted by Gasteiger charge is -2.13. The van der Waals surface area contributed by atoms with Crippen LogP contribution in [0.15, 0.2) is 11.6 Å². The molecule has 0 unspecified atom stereocenters. The van der Waals surface area contributed by atoms with Crippen LogP contribution in [0.25, 0.3) is 0 Å². The molecule has 1 aliphatic carbocycles. The van der Waals surface area contributed by atoms with Crippen molar-refractivity contribution in [3.05, 3.63) is 33.1 Å². The maximum Gasteiger partial charge on any atom is 0.257 e. The van der Waals surface area contributed by atoms with Crippen molar-refractivity contribution in [2.24, 2.45) is 0 Å². The Morgan fingerprint density at radius 2 is 2.25 bits per heavy atom. The van der Waals surface area contributed by atoms with Gasteiger partial charge < -0.3 is 5.32 Å². The lowest BCUT2D eigenvalue weighted by molar-refractivity contribution is 0.102. The summed E-state index contributed by atoms with van der Waals surface area (Å²) in [5.74, 6) is 0.816. The zero-order valence-electron chi connectivity index (χ0n) is 11.9. The first-order valence-corrected chi connectivity index (χ1v) is 8.01. The molecule has 0 radical (unpaired) electrons. The van der Waals surface area contributed by atoms with Crippen molar-refractivity contribution in [1.29, 1.82) is 0 Å². The topological polar surface area (TPSA) is 46.9 Å². The van der Waals surface area contributed by atoms with E-state index < -0.39 is 0 Å². The zero-order valence-corrected chi connectivity index (χ0v) is 12.7. The first-order chi connectivity index (χ1) is 9.70. The fourth-order valence-corrected chi connectivity index (χ4v) is 3.87. The summed E-state index contributed by atoms with van der Waals surface area (Å²) in [5, 5.41) is 9.30. The molecule has 1 amide bonds. The number of carbonyl (C=O) groups is 1. The standard InChI is InChI=1S/C15H19N3OS/c1-3-18-14(10(2)8-16-18)17-15(19)12-9-20-13-7-5-4-6-11(12)13/h8-9H,3-7H2,1-2H3,(H,17,19). The van der Waals surface area contributed by atoms with E-state index in [0.29, 0.717) is 0 Å². The van der Waals surface area contributed by atoms with Crippen LogP contribution in [-0.4, -0.2) is 15.7 Å². The normalized spacial score (nSPS) is 14.1. The van der Waals surface area contributed by atoms with E-state index in [2.05, 4.69) is 10.4 Å². The summed E-state index contributed by atoms with van der Waals surface area (Å²) in [4.78, 5) is 13.9. The van der Waals surface area contributed by atoms with Gasteiger partial charge in [0.1, 0.15) is 5.82 Å². The van der Waals surface area contributed by atoms with E-state index in [9.17, 15) is 4.79 Å². The third kappa shape index (κ3) is 2.26. The summed E-state index contributed by atoms with van der Waals surface area (Å²) in [6, 6.07) is 0. The molecule has 2 heterocycles. The van der Waals surface area contributed by atoms with E-state index in [0.717, 1.165) is 36.3 Å². The van der Waals surface area contributed by atoms with Crippen molar-refractivity contribution in [2.75, 3.05) is 5.32 Å². The molecule has 0 spiro atoms. The van der Waals surface area contributed by atoms with Crippen molar-refractivity contribution in [3.8, 4) is 0 Å². The summed E-state index contributed by atoms with van der Waals surface area (Å²) in [5.41, 5.74) is 3.12. The molecule has 0 saturated carbocycles. The minimum absolute atomic E-state index is 0.00250. The minimum Gasteiger partial charge on any atom is -0.307 e. The van der Waals surface area contributed by atoms with E-state index >= 15 is 0 Å². The number of amides is 1. The molecule has 0 atom stereocenters. The smallest absolute Gasteiger partial charge is 0.257 e. The number of hydrogen-bond donors (Lipinski definition) is 1. The number of aromatic nitrogens is 2. The molecule has 1 aliphatic rings. The summed E-state index contributed by atoms with van der Waals surface area (Å²) >= 11 is 1.72. The highest BCUT2D eigenvalue weighted by molar-refractivity contribution is 7.10. The third-order valence-electron chi connectivity index (χ3n) is 3.86. The molecule has 20 heavy (non-hydrogen) atoms. The molecule has 5 heteroatoms. The van der Waals surface area contributed by atoms with Crippen LogP contribution in [0.1, 0.15) is 46.1 Å². The predicted octanol–water partition coefficient (Wildman–Crippen LogP) is 3.40. The number of fused-ring (bicyclic) bond motifs is 1. The summed E-state index contributed by atoms with van der Waals surface area (Å²) in [7, 11) is 0. The second-order valence-electron chi connectivity index (χ2n) is 5.20. The molecule has 106 valence electrons. The Bertz CT molecular complexity index is 642. The number of nitrogens with zero attached hydrogens (tertiary/aromatic N) is 2. The SMILES string of the molecule is CCn1ncc(C)c1NC(=O)c1csc2c1CCCC2. The van der Waals surface area contributed by atoms with Crippen LogP contribution in [0.2, 0.25) is 0 Å². The Hall–Kier alpha value is -1.62. The largest absolute Gasteiger partial charge is 0.307 e. The molecular weight excluding hydrogens is 270 g/mol. The van der Waals surface area contributed by atoms with Crippen molar-refractivity contribution in [1.82, 2.24) is 9.78 Å². The van der Waals surface area contributed by atoms with Crippen LogP contribution >= 0.6 is 11.3 Å². The number of rotatable bonds is 3. The Kier molecular flexibility index (Phi) is 3.61. The average Bonchev–Trinajstić information content (AvgIpc) is 3.03. The van der Waals surface area contributed by atoms with Crippen LogP contribution in [0, 0.1) is 6.92 Å². The van der Waals surface area contributed by atoms with Gasteiger partial charge in [-0.2, -0.15) is 5.10 Å². The quantitative estimate of drug-likeness (QED) is 0.941. The van der Waals surface area contributed by atoms with Gasteiger partial charge in [0.05, 0.1) is 11.8 Å². The van der Waals surface area contributed by atoms with Crippen LogP contribution in [0.5, 0.6) is 0 Å². The maximum atomic E-state index is 12.5. The van der Waals surface area contributed by atoms with Crippen molar-refractivity contribution in [3.63, 3.8) is 0 Å². The number of aryl methyl sites for hydroxylation is 3. The van der Waals surface area contributed by atoms with E-state index in [-0.39, 0.29) is 5.91 Å². The molecule has 0 saturated heterocycles. The van der Waals surface area contributed by atoms with Gasteiger partial charge in [-0.25, -0.2) is 4.68 Å². The number of anilines is 1. The van der Waals surface area contributed by atoms with Gasteiger partial charge >= 0.3 is 0 Å². The summed E-state index contributed by atoms with van der Waals surface area (Å²) < 4.78 is 1.83. The Labute approximate surface area is 122 Å². The Morgan fingerprint density at radius 1 is 1.45 bits per heavy atom. The molecule has 3 rings (SSSR count). The molecule has 0 fully saturated rings. The molecule has 0 bridgehead atoms. The van der Waals surface area contributed by atoms with E-state index in [4.69, 9.17) is 0 Å². The Balaban J connectivity index is 1.86. The molecule has 2 aromatic rings. The number of hydrogen-bond acceptors (Lipinski definition) is 3. The minimum atomic E-state index is 0.00250. The van der Waals surface area contributed by atoms with Gasteiger partial charge in [0.25, 0.3) is 5.91 Å². The van der Waals surface area contributed by atoms with Crippen LogP contribution in [0.3, 0.4) is 0 Å². The van der Waals surface area contributed by atoms with Gasteiger partial charge in [-0.15, -0.1) is 11.3 Å². The van der Waals surface area contributed by atoms with Crippen LogP contribution in [0.4, 0.5) is 5.82 Å². The zero-order chi connectivity index (χ0) is 14.1.